The van der Waals surface area contributed by atoms with Gasteiger partial charge in [-0.25, -0.2) is 4.98 Å². The third-order valence-electron chi connectivity index (χ3n) is 5.24. The zero-order valence-electron chi connectivity index (χ0n) is 16.5. The number of rotatable bonds is 3. The molecule has 150 valence electrons. The fourth-order valence-corrected chi connectivity index (χ4v) is 4.94. The fourth-order valence-electron chi connectivity index (χ4n) is 3.91. The van der Waals surface area contributed by atoms with Crippen LogP contribution < -0.4 is 10.6 Å². The van der Waals surface area contributed by atoms with E-state index in [1.165, 1.54) is 23.8 Å². The normalized spacial score (nSPS) is 12.3. The van der Waals surface area contributed by atoms with Gasteiger partial charge in [-0.2, -0.15) is 5.10 Å². The Morgan fingerprint density at radius 2 is 1.97 bits per heavy atom. The van der Waals surface area contributed by atoms with Crippen molar-refractivity contribution in [1.29, 1.82) is 0 Å². The minimum absolute atomic E-state index is 0.161. The second-order valence-electron chi connectivity index (χ2n) is 7.38. The Hall–Kier alpha value is -3.52. The van der Waals surface area contributed by atoms with E-state index >= 15 is 0 Å². The molecule has 2 heterocycles. The second-order valence-corrected chi connectivity index (χ2v) is 8.41. The van der Waals surface area contributed by atoms with Crippen LogP contribution in [0.25, 0.3) is 21.5 Å². The average Bonchev–Trinajstić information content (AvgIpc) is 3.31. The smallest absolute Gasteiger partial charge is 0.273 e. The van der Waals surface area contributed by atoms with Gasteiger partial charge in [-0.1, -0.05) is 35.6 Å². The third-order valence-corrected chi connectivity index (χ3v) is 6.16. The fraction of sp³-hybridized carbons (Fsp3) is 0.182. The number of amides is 2. The molecular formula is C22H19N5O2S. The van der Waals surface area contributed by atoms with Crippen LogP contribution in [0.15, 0.2) is 36.4 Å². The Morgan fingerprint density at radius 1 is 1.13 bits per heavy atom. The summed E-state index contributed by atoms with van der Waals surface area (Å²) in [5.74, 6) is -0.376. The summed E-state index contributed by atoms with van der Waals surface area (Å²) in [6, 6.07) is 11.9. The summed E-state index contributed by atoms with van der Waals surface area (Å²) in [5.41, 5.74) is 7.08. The summed E-state index contributed by atoms with van der Waals surface area (Å²) >= 11 is 1.38. The van der Waals surface area contributed by atoms with Crippen molar-refractivity contribution in [3.8, 4) is 11.3 Å². The van der Waals surface area contributed by atoms with Gasteiger partial charge < -0.3 is 10.6 Å². The van der Waals surface area contributed by atoms with Crippen LogP contribution in [-0.2, 0) is 17.6 Å². The van der Waals surface area contributed by atoms with E-state index in [2.05, 4.69) is 31.9 Å². The standard InChI is InChI=1S/C22H19N5O2S/c1-11-9-14(10-17-18(11)25-22(30-17)23-12(2)28)24-21(29)20-16-8-7-13-5-3-4-6-15(13)19(16)26-27-20/h3-6,9-10H,7-8H2,1-2H3,(H,24,29)(H,26,27)(H,23,25,28). The number of nitrogens with one attached hydrogen (secondary N) is 3. The number of aryl methyl sites for hydroxylation is 2. The number of nitrogens with zero attached hydrogens (tertiary/aromatic N) is 2. The minimum atomic E-state index is -0.214. The number of hydrogen-bond acceptors (Lipinski definition) is 5. The summed E-state index contributed by atoms with van der Waals surface area (Å²) in [6.45, 7) is 3.39. The average molecular weight is 417 g/mol. The first kappa shape index (κ1) is 18.5. The number of aromatic nitrogens is 3. The quantitative estimate of drug-likeness (QED) is 0.463. The molecule has 0 bridgehead atoms. The predicted molar refractivity (Wildman–Crippen MR) is 118 cm³/mol. The molecule has 0 spiro atoms. The summed E-state index contributed by atoms with van der Waals surface area (Å²) in [7, 11) is 0. The van der Waals surface area contributed by atoms with Crippen molar-refractivity contribution in [2.45, 2.75) is 26.7 Å². The molecular weight excluding hydrogens is 398 g/mol. The van der Waals surface area contributed by atoms with E-state index in [9.17, 15) is 9.59 Å². The number of hydrogen-bond donors (Lipinski definition) is 3. The van der Waals surface area contributed by atoms with Crippen molar-refractivity contribution < 1.29 is 9.59 Å². The first-order chi connectivity index (χ1) is 14.5. The highest BCUT2D eigenvalue weighted by atomic mass is 32.1. The van der Waals surface area contributed by atoms with Crippen molar-refractivity contribution >= 4 is 44.2 Å². The van der Waals surface area contributed by atoms with Crippen molar-refractivity contribution in [3.05, 3.63) is 58.8 Å². The van der Waals surface area contributed by atoms with Gasteiger partial charge in [0.15, 0.2) is 5.13 Å². The van der Waals surface area contributed by atoms with E-state index in [0.717, 1.165) is 45.4 Å². The van der Waals surface area contributed by atoms with Crippen LogP contribution in [0.4, 0.5) is 10.8 Å². The van der Waals surface area contributed by atoms with Gasteiger partial charge in [0.25, 0.3) is 5.91 Å². The Kier molecular flexibility index (Phi) is 4.36. The first-order valence-electron chi connectivity index (χ1n) is 9.65. The van der Waals surface area contributed by atoms with Gasteiger partial charge in [-0.3, -0.25) is 14.7 Å². The number of anilines is 2. The maximum absolute atomic E-state index is 13.0. The van der Waals surface area contributed by atoms with Crippen LogP contribution in [0.5, 0.6) is 0 Å². The lowest BCUT2D eigenvalue weighted by atomic mass is 9.89. The number of carbonyl (C=O) groups excluding carboxylic acids is 2. The zero-order valence-corrected chi connectivity index (χ0v) is 17.3. The van der Waals surface area contributed by atoms with Crippen LogP contribution in [0.1, 0.15) is 34.1 Å². The monoisotopic (exact) mass is 417 g/mol. The molecule has 2 amide bonds. The Labute approximate surface area is 176 Å². The van der Waals surface area contributed by atoms with Crippen molar-refractivity contribution in [2.75, 3.05) is 10.6 Å². The molecule has 1 aliphatic carbocycles. The van der Waals surface area contributed by atoms with E-state index < -0.39 is 0 Å². The summed E-state index contributed by atoms with van der Waals surface area (Å²) in [4.78, 5) is 28.8. The molecule has 0 saturated heterocycles. The van der Waals surface area contributed by atoms with Crippen molar-refractivity contribution in [2.24, 2.45) is 0 Å². The molecule has 1 aliphatic rings. The lowest BCUT2D eigenvalue weighted by Crippen LogP contribution is -2.16. The summed E-state index contributed by atoms with van der Waals surface area (Å²) in [5, 5.41) is 13.6. The number of carbonyl (C=O) groups is 2. The van der Waals surface area contributed by atoms with Crippen LogP contribution >= 0.6 is 11.3 Å². The molecule has 7 nitrogen and oxygen atoms in total. The molecule has 8 heteroatoms. The zero-order chi connectivity index (χ0) is 20.8. The lowest BCUT2D eigenvalue weighted by Gasteiger charge is -2.15. The van der Waals surface area contributed by atoms with E-state index in [0.29, 0.717) is 16.5 Å². The van der Waals surface area contributed by atoms with Gasteiger partial charge in [0.2, 0.25) is 5.91 Å². The molecule has 0 unspecified atom stereocenters. The largest absolute Gasteiger partial charge is 0.321 e. The third kappa shape index (κ3) is 3.15. The van der Waals surface area contributed by atoms with Gasteiger partial charge in [0.1, 0.15) is 5.69 Å². The van der Waals surface area contributed by atoms with Gasteiger partial charge in [-0.15, -0.1) is 0 Å². The first-order valence-corrected chi connectivity index (χ1v) is 10.5. The highest BCUT2D eigenvalue weighted by Gasteiger charge is 2.25. The molecule has 0 fully saturated rings. The van der Waals surface area contributed by atoms with Crippen molar-refractivity contribution in [1.82, 2.24) is 15.2 Å². The van der Waals surface area contributed by atoms with Crippen LogP contribution in [-0.4, -0.2) is 27.0 Å². The molecule has 0 aliphatic heterocycles. The molecule has 0 radical (unpaired) electrons. The van der Waals surface area contributed by atoms with Gasteiger partial charge >= 0.3 is 0 Å². The Morgan fingerprint density at radius 3 is 2.80 bits per heavy atom. The summed E-state index contributed by atoms with van der Waals surface area (Å²) < 4.78 is 0.898. The van der Waals surface area contributed by atoms with Gasteiger partial charge in [-0.05, 0) is 43.0 Å². The second kappa shape index (κ2) is 7.07. The maximum atomic E-state index is 13.0. The molecule has 2 aromatic heterocycles. The molecule has 4 aromatic rings. The number of H-pyrrole nitrogens is 1. The van der Waals surface area contributed by atoms with Gasteiger partial charge in [0, 0.05) is 23.7 Å². The van der Waals surface area contributed by atoms with Crippen LogP contribution in [0.2, 0.25) is 0 Å². The van der Waals surface area contributed by atoms with E-state index in [1.54, 1.807) is 0 Å². The topological polar surface area (TPSA) is 99.8 Å². The number of benzene rings is 2. The number of fused-ring (bicyclic) bond motifs is 4. The van der Waals surface area contributed by atoms with Gasteiger partial charge in [0.05, 0.1) is 15.9 Å². The number of aromatic amines is 1. The molecule has 0 saturated carbocycles. The SMILES string of the molecule is CC(=O)Nc1nc2c(C)cc(NC(=O)c3[nH]nc4c3CCc3ccccc3-4)cc2s1. The van der Waals surface area contributed by atoms with Crippen LogP contribution in [0, 0.1) is 6.92 Å². The maximum Gasteiger partial charge on any atom is 0.273 e. The van der Waals surface area contributed by atoms with E-state index in [4.69, 9.17) is 0 Å². The molecule has 2 aromatic carbocycles. The number of thiazole rings is 1. The van der Waals surface area contributed by atoms with E-state index in [-0.39, 0.29) is 11.8 Å². The van der Waals surface area contributed by atoms with Crippen LogP contribution in [0.3, 0.4) is 0 Å². The molecule has 0 atom stereocenters. The van der Waals surface area contributed by atoms with Crippen molar-refractivity contribution in [3.63, 3.8) is 0 Å². The molecule has 3 N–H and O–H groups in total. The highest BCUT2D eigenvalue weighted by molar-refractivity contribution is 7.22. The predicted octanol–water partition coefficient (Wildman–Crippen LogP) is 4.30. The molecule has 30 heavy (non-hydrogen) atoms. The summed E-state index contributed by atoms with van der Waals surface area (Å²) in [6.07, 6.45) is 1.67. The highest BCUT2D eigenvalue weighted by Crippen LogP contribution is 2.34. The Balaban J connectivity index is 1.45. The molecule has 5 rings (SSSR count). The minimum Gasteiger partial charge on any atom is -0.321 e. The lowest BCUT2D eigenvalue weighted by molar-refractivity contribution is -0.114. The van der Waals surface area contributed by atoms with E-state index in [1.807, 2.05) is 37.3 Å². The Bertz CT molecular complexity index is 1320.